The van der Waals surface area contributed by atoms with Crippen molar-refractivity contribution in [1.29, 1.82) is 0 Å². The van der Waals surface area contributed by atoms with Gasteiger partial charge in [0.2, 0.25) is 0 Å². The number of nitrogens with zero attached hydrogens (tertiary/aromatic N) is 1. The molecule has 2 nitrogen and oxygen atoms in total. The minimum absolute atomic E-state index is 0.251. The van der Waals surface area contributed by atoms with Gasteiger partial charge in [-0.3, -0.25) is 4.98 Å². The van der Waals surface area contributed by atoms with Crippen molar-refractivity contribution in [3.05, 3.63) is 41.3 Å². The molecule has 2 N–H and O–H groups in total. The SMILES string of the molecule is Cc1cc(CCN)nc2cc(F)ccc12. The van der Waals surface area contributed by atoms with E-state index in [4.69, 9.17) is 5.73 Å². The summed E-state index contributed by atoms with van der Waals surface area (Å²) in [6.45, 7) is 2.56. The molecule has 3 heteroatoms. The van der Waals surface area contributed by atoms with Gasteiger partial charge in [-0.25, -0.2) is 4.39 Å². The van der Waals surface area contributed by atoms with Gasteiger partial charge in [-0.15, -0.1) is 0 Å². The minimum Gasteiger partial charge on any atom is -0.330 e. The van der Waals surface area contributed by atoms with Gasteiger partial charge in [-0.2, -0.15) is 0 Å². The molecule has 0 radical (unpaired) electrons. The van der Waals surface area contributed by atoms with Crippen LogP contribution in [0.1, 0.15) is 11.3 Å². The lowest BCUT2D eigenvalue weighted by atomic mass is 10.1. The molecule has 1 heterocycles. The summed E-state index contributed by atoms with van der Waals surface area (Å²) in [6.07, 6.45) is 0.729. The summed E-state index contributed by atoms with van der Waals surface area (Å²) in [6, 6.07) is 6.69. The van der Waals surface area contributed by atoms with Crippen LogP contribution in [0.5, 0.6) is 0 Å². The van der Waals surface area contributed by atoms with Crippen LogP contribution in [-0.4, -0.2) is 11.5 Å². The maximum absolute atomic E-state index is 13.0. The third kappa shape index (κ3) is 1.97. The molecule has 2 rings (SSSR count). The maximum atomic E-state index is 13.0. The van der Waals surface area contributed by atoms with Crippen molar-refractivity contribution in [2.24, 2.45) is 5.73 Å². The number of halogens is 1. The molecule has 0 amide bonds. The molecule has 1 aromatic heterocycles. The molecule has 15 heavy (non-hydrogen) atoms. The highest BCUT2D eigenvalue weighted by atomic mass is 19.1. The predicted molar refractivity (Wildman–Crippen MR) is 59.2 cm³/mol. The zero-order chi connectivity index (χ0) is 10.8. The summed E-state index contributed by atoms with van der Waals surface area (Å²) < 4.78 is 13.0. The van der Waals surface area contributed by atoms with Gasteiger partial charge in [0, 0.05) is 23.6 Å². The largest absolute Gasteiger partial charge is 0.330 e. The van der Waals surface area contributed by atoms with Crippen molar-refractivity contribution < 1.29 is 4.39 Å². The zero-order valence-electron chi connectivity index (χ0n) is 8.63. The number of aryl methyl sites for hydroxylation is 1. The smallest absolute Gasteiger partial charge is 0.125 e. The Morgan fingerprint density at radius 3 is 2.87 bits per heavy atom. The fourth-order valence-electron chi connectivity index (χ4n) is 1.72. The van der Waals surface area contributed by atoms with Crippen molar-refractivity contribution in [3.8, 4) is 0 Å². The van der Waals surface area contributed by atoms with Gasteiger partial charge in [0.1, 0.15) is 5.82 Å². The van der Waals surface area contributed by atoms with Gasteiger partial charge < -0.3 is 5.73 Å². The molecular formula is C12H13FN2. The maximum Gasteiger partial charge on any atom is 0.125 e. The highest BCUT2D eigenvalue weighted by molar-refractivity contribution is 5.82. The van der Waals surface area contributed by atoms with E-state index in [9.17, 15) is 4.39 Å². The second-order valence-electron chi connectivity index (χ2n) is 3.63. The summed E-state index contributed by atoms with van der Waals surface area (Å²) in [5.74, 6) is -0.251. The topological polar surface area (TPSA) is 38.9 Å². The summed E-state index contributed by atoms with van der Waals surface area (Å²) in [5.41, 5.74) is 8.22. The van der Waals surface area contributed by atoms with Crippen LogP contribution >= 0.6 is 0 Å². The van der Waals surface area contributed by atoms with E-state index >= 15 is 0 Å². The molecule has 0 spiro atoms. The van der Waals surface area contributed by atoms with Gasteiger partial charge in [0.15, 0.2) is 0 Å². The molecule has 0 unspecified atom stereocenters. The van der Waals surface area contributed by atoms with E-state index in [0.29, 0.717) is 12.1 Å². The van der Waals surface area contributed by atoms with Crippen molar-refractivity contribution >= 4 is 10.9 Å². The van der Waals surface area contributed by atoms with Crippen LogP contribution in [0.25, 0.3) is 10.9 Å². The minimum atomic E-state index is -0.251. The Hall–Kier alpha value is -1.48. The predicted octanol–water partition coefficient (Wildman–Crippen LogP) is 2.18. The Bertz CT molecular complexity index is 494. The number of pyridine rings is 1. The first kappa shape index (κ1) is 10.1. The van der Waals surface area contributed by atoms with E-state index in [1.54, 1.807) is 6.07 Å². The number of nitrogens with two attached hydrogens (primary N) is 1. The number of benzene rings is 1. The molecule has 0 aliphatic carbocycles. The Labute approximate surface area is 87.9 Å². The first-order valence-corrected chi connectivity index (χ1v) is 4.96. The standard InChI is InChI=1S/C12H13FN2/c1-8-6-10(4-5-14)15-12-7-9(13)2-3-11(8)12/h2-3,6-7H,4-5,14H2,1H3. The second-order valence-corrected chi connectivity index (χ2v) is 3.63. The molecule has 0 fully saturated rings. The molecule has 1 aromatic carbocycles. The van der Waals surface area contributed by atoms with E-state index in [1.165, 1.54) is 12.1 Å². The average molecular weight is 204 g/mol. The van der Waals surface area contributed by atoms with Crippen molar-refractivity contribution in [2.75, 3.05) is 6.54 Å². The van der Waals surface area contributed by atoms with Gasteiger partial charge in [0.05, 0.1) is 5.52 Å². The fourth-order valence-corrected chi connectivity index (χ4v) is 1.72. The van der Waals surface area contributed by atoms with E-state index < -0.39 is 0 Å². The zero-order valence-corrected chi connectivity index (χ0v) is 8.63. The van der Waals surface area contributed by atoms with E-state index in [2.05, 4.69) is 4.98 Å². The van der Waals surface area contributed by atoms with E-state index in [-0.39, 0.29) is 5.82 Å². The second kappa shape index (κ2) is 3.95. The first-order valence-electron chi connectivity index (χ1n) is 4.96. The quantitative estimate of drug-likeness (QED) is 0.814. The normalized spacial score (nSPS) is 10.9. The van der Waals surface area contributed by atoms with Crippen LogP contribution in [0.4, 0.5) is 4.39 Å². The van der Waals surface area contributed by atoms with Crippen LogP contribution in [0, 0.1) is 12.7 Å². The third-order valence-electron chi connectivity index (χ3n) is 2.43. The number of hydrogen-bond acceptors (Lipinski definition) is 2. The number of aromatic nitrogens is 1. The van der Waals surface area contributed by atoms with Crippen LogP contribution in [-0.2, 0) is 6.42 Å². The van der Waals surface area contributed by atoms with Crippen LogP contribution in [0.15, 0.2) is 24.3 Å². The molecule has 0 saturated carbocycles. The van der Waals surface area contributed by atoms with Crippen molar-refractivity contribution in [1.82, 2.24) is 4.98 Å². The lowest BCUT2D eigenvalue weighted by Crippen LogP contribution is -2.04. The van der Waals surface area contributed by atoms with Crippen molar-refractivity contribution in [3.63, 3.8) is 0 Å². The Kier molecular flexibility index (Phi) is 2.64. The third-order valence-corrected chi connectivity index (χ3v) is 2.43. The van der Waals surface area contributed by atoms with Gasteiger partial charge in [-0.05, 0) is 37.2 Å². The van der Waals surface area contributed by atoms with E-state index in [0.717, 1.165) is 23.1 Å². The summed E-state index contributed by atoms with van der Waals surface area (Å²) in [5, 5.41) is 0.997. The molecule has 0 aliphatic rings. The molecule has 2 aromatic rings. The van der Waals surface area contributed by atoms with Crippen LogP contribution < -0.4 is 5.73 Å². The highest BCUT2D eigenvalue weighted by Gasteiger charge is 2.03. The van der Waals surface area contributed by atoms with Crippen LogP contribution in [0.3, 0.4) is 0 Å². The van der Waals surface area contributed by atoms with Gasteiger partial charge >= 0.3 is 0 Å². The lowest BCUT2D eigenvalue weighted by Gasteiger charge is -2.05. The summed E-state index contributed by atoms with van der Waals surface area (Å²) in [4.78, 5) is 4.37. The highest BCUT2D eigenvalue weighted by Crippen LogP contribution is 2.18. The molecule has 78 valence electrons. The number of fused-ring (bicyclic) bond motifs is 1. The Morgan fingerprint density at radius 2 is 2.13 bits per heavy atom. The molecular weight excluding hydrogens is 191 g/mol. The van der Waals surface area contributed by atoms with Gasteiger partial charge in [-0.1, -0.05) is 0 Å². The van der Waals surface area contributed by atoms with Gasteiger partial charge in [0.25, 0.3) is 0 Å². The Morgan fingerprint density at radius 1 is 1.33 bits per heavy atom. The summed E-state index contributed by atoms with van der Waals surface area (Å²) >= 11 is 0. The first-order chi connectivity index (χ1) is 7.20. The van der Waals surface area contributed by atoms with Crippen molar-refractivity contribution in [2.45, 2.75) is 13.3 Å². The monoisotopic (exact) mass is 204 g/mol. The summed E-state index contributed by atoms with van der Waals surface area (Å²) in [7, 11) is 0. The fraction of sp³-hybridized carbons (Fsp3) is 0.250. The molecule has 0 aliphatic heterocycles. The lowest BCUT2D eigenvalue weighted by molar-refractivity contribution is 0.629. The molecule has 0 atom stereocenters. The molecule has 0 saturated heterocycles. The number of rotatable bonds is 2. The van der Waals surface area contributed by atoms with Crippen LogP contribution in [0.2, 0.25) is 0 Å². The number of hydrogen-bond donors (Lipinski definition) is 1. The average Bonchev–Trinajstić information content (AvgIpc) is 2.17. The Balaban J connectivity index is 2.63. The molecule has 0 bridgehead atoms. The van der Waals surface area contributed by atoms with E-state index in [1.807, 2.05) is 13.0 Å².